The van der Waals surface area contributed by atoms with Gasteiger partial charge in [-0.1, -0.05) is 30.3 Å². The highest BCUT2D eigenvalue weighted by molar-refractivity contribution is 6.14. The van der Waals surface area contributed by atoms with Crippen molar-refractivity contribution >= 4 is 11.9 Å². The number of rotatable bonds is 5. The van der Waals surface area contributed by atoms with Crippen LogP contribution in [0.1, 0.15) is 27.0 Å². The number of halogens is 3. The summed E-state index contributed by atoms with van der Waals surface area (Å²) >= 11 is 0. The maximum absolute atomic E-state index is 13.0. The third-order valence-electron chi connectivity index (χ3n) is 5.49. The van der Waals surface area contributed by atoms with E-state index < -0.39 is 11.7 Å². The lowest BCUT2D eigenvalue weighted by atomic mass is 9.98. The van der Waals surface area contributed by atoms with E-state index in [-0.39, 0.29) is 30.1 Å². The van der Waals surface area contributed by atoms with Crippen molar-refractivity contribution in [2.45, 2.75) is 12.8 Å². The lowest BCUT2D eigenvalue weighted by molar-refractivity contribution is -0.137. The zero-order valence-corrected chi connectivity index (χ0v) is 18.3. The summed E-state index contributed by atoms with van der Waals surface area (Å²) in [6.07, 6.45) is 0.565. The number of hydrogen-bond acceptors (Lipinski definition) is 4. The Hall–Kier alpha value is -4.33. The van der Waals surface area contributed by atoms with Crippen molar-refractivity contribution in [3.05, 3.63) is 113 Å². The lowest BCUT2D eigenvalue weighted by Gasteiger charge is -2.20. The Kier molecular flexibility index (Phi) is 5.86. The molecule has 0 spiro atoms. The fraction of sp³-hybridized carbons (Fsp3) is 0.111. The summed E-state index contributed by atoms with van der Waals surface area (Å²) in [5, 5.41) is 4.34. The number of aromatic nitrogens is 2. The average molecular weight is 476 g/mol. The Morgan fingerprint density at radius 3 is 2.66 bits per heavy atom. The van der Waals surface area contributed by atoms with E-state index in [1.807, 2.05) is 36.5 Å². The number of carbonyl (C=O) groups is 1. The fourth-order valence-corrected chi connectivity index (χ4v) is 3.73. The first-order chi connectivity index (χ1) is 16.9. The number of ketones is 1. The van der Waals surface area contributed by atoms with Gasteiger partial charge in [-0.25, -0.2) is 4.68 Å². The first-order valence-corrected chi connectivity index (χ1v) is 10.8. The zero-order valence-electron chi connectivity index (χ0n) is 18.3. The highest BCUT2D eigenvalue weighted by atomic mass is 19.4. The molecule has 0 saturated carbocycles. The summed E-state index contributed by atoms with van der Waals surface area (Å²) in [5.74, 6) is 0.599. The van der Waals surface area contributed by atoms with Crippen molar-refractivity contribution in [3.63, 3.8) is 0 Å². The van der Waals surface area contributed by atoms with Crippen molar-refractivity contribution in [1.29, 1.82) is 0 Å². The van der Waals surface area contributed by atoms with Crippen molar-refractivity contribution in [3.8, 4) is 17.2 Å². The Labute approximate surface area is 199 Å². The first kappa shape index (κ1) is 22.5. The molecule has 0 saturated heterocycles. The van der Waals surface area contributed by atoms with E-state index in [0.717, 1.165) is 23.4 Å². The molecule has 0 amide bonds. The zero-order chi connectivity index (χ0) is 24.4. The summed E-state index contributed by atoms with van der Waals surface area (Å²) < 4.78 is 52.3. The van der Waals surface area contributed by atoms with Crippen LogP contribution in [0.5, 0.6) is 11.5 Å². The van der Waals surface area contributed by atoms with E-state index in [9.17, 15) is 18.0 Å². The molecule has 5 rings (SSSR count). The van der Waals surface area contributed by atoms with E-state index >= 15 is 0 Å². The Bertz CT molecular complexity index is 1410. The molecular weight excluding hydrogens is 457 g/mol. The number of fused-ring (bicyclic) bond motifs is 1. The van der Waals surface area contributed by atoms with Gasteiger partial charge in [0, 0.05) is 23.4 Å². The fourth-order valence-electron chi connectivity index (χ4n) is 3.73. The van der Waals surface area contributed by atoms with Gasteiger partial charge < -0.3 is 9.47 Å². The van der Waals surface area contributed by atoms with Crippen LogP contribution in [0, 0.1) is 0 Å². The largest absolute Gasteiger partial charge is 0.489 e. The van der Waals surface area contributed by atoms with Crippen molar-refractivity contribution < 1.29 is 27.4 Å². The lowest BCUT2D eigenvalue weighted by Crippen LogP contribution is -2.19. The molecule has 0 atom stereocenters. The summed E-state index contributed by atoms with van der Waals surface area (Å²) in [4.78, 5) is 12.9. The Morgan fingerprint density at radius 2 is 1.86 bits per heavy atom. The van der Waals surface area contributed by atoms with E-state index in [2.05, 4.69) is 5.10 Å². The minimum Gasteiger partial charge on any atom is -0.489 e. The molecule has 35 heavy (non-hydrogen) atoms. The van der Waals surface area contributed by atoms with Gasteiger partial charge in [-0.15, -0.1) is 0 Å². The normalized spacial score (nSPS) is 14.5. The highest BCUT2D eigenvalue weighted by Gasteiger charge is 2.30. The van der Waals surface area contributed by atoms with E-state index in [0.29, 0.717) is 17.1 Å². The maximum Gasteiger partial charge on any atom is 0.416 e. The molecule has 1 aliphatic rings. The molecule has 2 heterocycles. The first-order valence-electron chi connectivity index (χ1n) is 10.8. The molecule has 4 aromatic rings. The standard InChI is InChI=1S/C27H19F3N2O3/c28-27(29,30)21-6-4-5-18(12-21)11-20-17-35-25-13-23(9-10-24(25)26(20)33)34-16-19-14-31-32(15-19)22-7-2-1-3-8-22/h1-15H,16-17H2. The average Bonchev–Trinajstić information content (AvgIpc) is 3.34. The summed E-state index contributed by atoms with van der Waals surface area (Å²) in [6.45, 7) is 0.232. The third kappa shape index (κ3) is 4.96. The molecular formula is C27H19F3N2O3. The van der Waals surface area contributed by atoms with Crippen LogP contribution < -0.4 is 9.47 Å². The number of nitrogens with zero attached hydrogens (tertiary/aromatic N) is 2. The number of Topliss-reactive ketones (excluding diaryl/α,β-unsaturated/α-hetero) is 1. The van der Waals surface area contributed by atoms with Crippen LogP contribution in [0.3, 0.4) is 0 Å². The van der Waals surface area contributed by atoms with Crippen LogP contribution in [0.25, 0.3) is 11.8 Å². The molecule has 3 aromatic carbocycles. The van der Waals surface area contributed by atoms with Crippen LogP contribution in [0.15, 0.2) is 90.8 Å². The van der Waals surface area contributed by atoms with Crippen molar-refractivity contribution in [2.24, 2.45) is 0 Å². The number of alkyl halides is 3. The number of benzene rings is 3. The molecule has 0 fully saturated rings. The van der Waals surface area contributed by atoms with Gasteiger partial charge in [0.25, 0.3) is 0 Å². The highest BCUT2D eigenvalue weighted by Crippen LogP contribution is 2.33. The monoisotopic (exact) mass is 476 g/mol. The molecule has 0 unspecified atom stereocenters. The van der Waals surface area contributed by atoms with E-state index in [1.165, 1.54) is 18.2 Å². The summed E-state index contributed by atoms with van der Waals surface area (Å²) in [7, 11) is 0. The van der Waals surface area contributed by atoms with Gasteiger partial charge in [0.15, 0.2) is 5.78 Å². The van der Waals surface area contributed by atoms with Crippen LogP contribution in [0.4, 0.5) is 13.2 Å². The van der Waals surface area contributed by atoms with Crippen molar-refractivity contribution in [1.82, 2.24) is 9.78 Å². The molecule has 0 bridgehead atoms. The van der Waals surface area contributed by atoms with Crippen LogP contribution >= 0.6 is 0 Å². The molecule has 1 aliphatic heterocycles. The molecule has 0 N–H and O–H groups in total. The minimum atomic E-state index is -4.45. The molecule has 0 radical (unpaired) electrons. The molecule has 176 valence electrons. The van der Waals surface area contributed by atoms with Crippen molar-refractivity contribution in [2.75, 3.05) is 6.61 Å². The predicted octanol–water partition coefficient (Wildman–Crippen LogP) is 6.13. The number of para-hydroxylation sites is 1. The Morgan fingerprint density at radius 1 is 1.03 bits per heavy atom. The van der Waals surface area contributed by atoms with Gasteiger partial charge in [-0.2, -0.15) is 18.3 Å². The van der Waals surface area contributed by atoms with Gasteiger partial charge in [0.1, 0.15) is 24.7 Å². The van der Waals surface area contributed by atoms with Gasteiger partial charge >= 0.3 is 6.18 Å². The smallest absolute Gasteiger partial charge is 0.416 e. The second-order valence-corrected chi connectivity index (χ2v) is 7.99. The van der Waals surface area contributed by atoms with Gasteiger partial charge in [-0.05, 0) is 48.0 Å². The van der Waals surface area contributed by atoms with Crippen LogP contribution in [0.2, 0.25) is 0 Å². The summed E-state index contributed by atoms with van der Waals surface area (Å²) in [6, 6.07) is 19.4. The van der Waals surface area contributed by atoms with Crippen LogP contribution in [-0.2, 0) is 12.8 Å². The quantitative estimate of drug-likeness (QED) is 0.325. The maximum atomic E-state index is 13.0. The van der Waals surface area contributed by atoms with Gasteiger partial charge in [-0.3, -0.25) is 4.79 Å². The molecule has 5 nitrogen and oxygen atoms in total. The SMILES string of the molecule is O=C1C(=Cc2cccc(C(F)(F)F)c2)COc2cc(OCc3cnn(-c4ccccc4)c3)ccc21. The number of ether oxygens (including phenoxy) is 2. The van der Waals surface area contributed by atoms with Gasteiger partial charge in [0.2, 0.25) is 0 Å². The second-order valence-electron chi connectivity index (χ2n) is 7.99. The number of carbonyl (C=O) groups excluding carboxylic acids is 1. The Balaban J connectivity index is 1.28. The minimum absolute atomic E-state index is 0.0463. The van der Waals surface area contributed by atoms with E-state index in [1.54, 1.807) is 29.1 Å². The molecule has 8 heteroatoms. The number of hydrogen-bond donors (Lipinski definition) is 0. The van der Waals surface area contributed by atoms with Crippen LogP contribution in [-0.4, -0.2) is 22.2 Å². The second kappa shape index (κ2) is 9.13. The molecule has 0 aliphatic carbocycles. The predicted molar refractivity (Wildman–Crippen MR) is 124 cm³/mol. The topological polar surface area (TPSA) is 53.4 Å². The third-order valence-corrected chi connectivity index (χ3v) is 5.49. The van der Waals surface area contributed by atoms with E-state index in [4.69, 9.17) is 9.47 Å². The van der Waals surface area contributed by atoms with Gasteiger partial charge in [0.05, 0.1) is 23.0 Å². The summed E-state index contributed by atoms with van der Waals surface area (Å²) in [5.41, 5.74) is 1.93. The molecule has 1 aromatic heterocycles.